The van der Waals surface area contributed by atoms with Crippen molar-refractivity contribution in [1.82, 2.24) is 14.2 Å². The first-order chi connectivity index (χ1) is 16.2. The van der Waals surface area contributed by atoms with E-state index in [9.17, 15) is 18.0 Å². The highest BCUT2D eigenvalue weighted by atomic mass is 35.5. The molecule has 4 rings (SSSR count). The summed E-state index contributed by atoms with van der Waals surface area (Å²) in [6, 6.07) is 15.8. The number of aromatic nitrogens is 3. The van der Waals surface area contributed by atoms with Gasteiger partial charge in [-0.15, -0.1) is 18.3 Å². The number of hydrogen-bond acceptors (Lipinski definition) is 5. The number of hydrogen-bond donors (Lipinski definition) is 0. The van der Waals surface area contributed by atoms with E-state index in [4.69, 9.17) is 21.1 Å². The highest BCUT2D eigenvalue weighted by Crippen LogP contribution is 2.27. The van der Waals surface area contributed by atoms with E-state index in [1.54, 1.807) is 42.6 Å². The van der Waals surface area contributed by atoms with Gasteiger partial charge in [-0.25, -0.2) is 13.9 Å². The quantitative estimate of drug-likeness (QED) is 0.352. The van der Waals surface area contributed by atoms with Gasteiger partial charge in [0.05, 0.1) is 11.6 Å². The molecule has 2 aromatic heterocycles. The first-order valence-electron chi connectivity index (χ1n) is 10.1. The van der Waals surface area contributed by atoms with Gasteiger partial charge in [0.25, 0.3) is 0 Å². The van der Waals surface area contributed by atoms with Gasteiger partial charge >= 0.3 is 12.1 Å². The maximum Gasteiger partial charge on any atom is 0.573 e. The van der Waals surface area contributed by atoms with Crippen molar-refractivity contribution in [3.8, 4) is 22.6 Å². The van der Waals surface area contributed by atoms with Gasteiger partial charge in [-0.2, -0.15) is 0 Å². The highest BCUT2D eigenvalue weighted by molar-refractivity contribution is 6.32. The lowest BCUT2D eigenvalue weighted by Gasteiger charge is -2.16. The van der Waals surface area contributed by atoms with Gasteiger partial charge in [-0.05, 0) is 47.5 Å². The molecule has 0 amide bonds. The monoisotopic (exact) mass is 493 g/mol. The predicted octanol–water partition coefficient (Wildman–Crippen LogP) is 4.81. The van der Waals surface area contributed by atoms with Gasteiger partial charge in [0.1, 0.15) is 24.2 Å². The van der Waals surface area contributed by atoms with Crippen LogP contribution in [-0.2, 0) is 11.3 Å². The smallest absolute Gasteiger partial charge is 0.489 e. The fourth-order valence-corrected chi connectivity index (χ4v) is 3.48. The van der Waals surface area contributed by atoms with Gasteiger partial charge in [-0.3, -0.25) is 0 Å². The van der Waals surface area contributed by atoms with E-state index in [0.717, 1.165) is 0 Å². The molecule has 0 unspecified atom stereocenters. The molecule has 0 saturated heterocycles. The molecule has 0 aliphatic carbocycles. The summed E-state index contributed by atoms with van der Waals surface area (Å²) in [7, 11) is 1.51. The second-order valence-corrected chi connectivity index (χ2v) is 7.69. The second-order valence-electron chi connectivity index (χ2n) is 7.28. The van der Waals surface area contributed by atoms with E-state index in [2.05, 4.69) is 9.84 Å². The first kappa shape index (κ1) is 23.7. The van der Waals surface area contributed by atoms with Gasteiger partial charge < -0.3 is 14.2 Å². The standard InChI is InChI=1S/C23H19ClF3N3O4/c1-32-18(14-33-20-5-3-2-4-19(20)24)13-30-22(31)29-12-16(8-11-21(29)28-30)15-6-9-17(10-7-15)34-23(25,26)27/h2-12,18H,13-14H2,1H3/t18-/m0/s1. The molecule has 11 heteroatoms. The largest absolute Gasteiger partial charge is 0.573 e. The van der Waals surface area contributed by atoms with Crippen molar-refractivity contribution in [2.45, 2.75) is 19.0 Å². The Bertz CT molecular complexity index is 1340. The van der Waals surface area contributed by atoms with Gasteiger partial charge in [-0.1, -0.05) is 35.9 Å². The van der Waals surface area contributed by atoms with Gasteiger partial charge in [0.15, 0.2) is 5.65 Å². The van der Waals surface area contributed by atoms with Crippen LogP contribution in [-0.4, -0.2) is 40.4 Å². The Kier molecular flexibility index (Phi) is 6.80. The number of rotatable bonds is 8. The third-order valence-electron chi connectivity index (χ3n) is 4.97. The summed E-state index contributed by atoms with van der Waals surface area (Å²) in [6.45, 7) is 0.290. The highest BCUT2D eigenvalue weighted by Gasteiger charge is 2.31. The molecule has 0 aliphatic rings. The number of nitrogens with zero attached hydrogens (tertiary/aromatic N) is 3. The molecule has 0 N–H and O–H groups in total. The zero-order chi connectivity index (χ0) is 24.3. The number of alkyl halides is 3. The maximum atomic E-state index is 12.9. The van der Waals surface area contributed by atoms with Gasteiger partial charge in [0, 0.05) is 13.3 Å². The molecule has 0 radical (unpaired) electrons. The minimum atomic E-state index is -4.76. The summed E-state index contributed by atoms with van der Waals surface area (Å²) in [6.07, 6.45) is -3.66. The van der Waals surface area contributed by atoms with Crippen molar-refractivity contribution >= 4 is 17.2 Å². The Morgan fingerprint density at radius 3 is 2.41 bits per heavy atom. The summed E-state index contributed by atoms with van der Waals surface area (Å²) in [4.78, 5) is 12.9. The molecule has 178 valence electrons. The third kappa shape index (κ3) is 5.52. The normalized spacial score (nSPS) is 12.6. The Hall–Kier alpha value is -3.50. The molecule has 2 aromatic carbocycles. The average molecular weight is 494 g/mol. The van der Waals surface area contributed by atoms with Crippen LogP contribution in [0.4, 0.5) is 13.2 Å². The van der Waals surface area contributed by atoms with Crippen molar-refractivity contribution in [3.05, 3.63) is 82.4 Å². The molecule has 0 bridgehead atoms. The van der Waals surface area contributed by atoms with E-state index in [0.29, 0.717) is 27.5 Å². The first-order valence-corrected chi connectivity index (χ1v) is 10.5. The minimum Gasteiger partial charge on any atom is -0.489 e. The lowest BCUT2D eigenvalue weighted by atomic mass is 10.1. The lowest BCUT2D eigenvalue weighted by molar-refractivity contribution is -0.274. The molecular formula is C23H19ClF3N3O4. The number of fused-ring (bicyclic) bond motifs is 1. The lowest BCUT2D eigenvalue weighted by Crippen LogP contribution is -2.32. The molecule has 0 fully saturated rings. The Balaban J connectivity index is 1.51. The fourth-order valence-electron chi connectivity index (χ4n) is 3.29. The summed E-state index contributed by atoms with van der Waals surface area (Å²) in [5.74, 6) is 0.178. The van der Waals surface area contributed by atoms with E-state index in [-0.39, 0.29) is 18.9 Å². The summed E-state index contributed by atoms with van der Waals surface area (Å²) >= 11 is 6.10. The van der Waals surface area contributed by atoms with Crippen LogP contribution in [0.25, 0.3) is 16.8 Å². The minimum absolute atomic E-state index is 0.139. The van der Waals surface area contributed by atoms with Crippen LogP contribution >= 0.6 is 11.6 Å². The molecule has 1 atom stereocenters. The molecule has 2 heterocycles. The summed E-state index contributed by atoms with van der Waals surface area (Å²) < 4.78 is 54.7. The third-order valence-corrected chi connectivity index (χ3v) is 5.28. The van der Waals surface area contributed by atoms with Crippen molar-refractivity contribution in [3.63, 3.8) is 0 Å². The van der Waals surface area contributed by atoms with Crippen molar-refractivity contribution in [1.29, 1.82) is 0 Å². The average Bonchev–Trinajstić information content (AvgIpc) is 3.11. The van der Waals surface area contributed by atoms with Gasteiger partial charge in [0.2, 0.25) is 0 Å². The van der Waals surface area contributed by atoms with Crippen LogP contribution in [0.15, 0.2) is 71.7 Å². The SMILES string of the molecule is CO[C@H](COc1ccccc1Cl)Cn1nc2ccc(-c3ccc(OC(F)(F)F)cc3)cn2c1=O. The van der Waals surface area contributed by atoms with Crippen molar-refractivity contribution in [2.24, 2.45) is 0 Å². The van der Waals surface area contributed by atoms with Crippen molar-refractivity contribution < 1.29 is 27.4 Å². The van der Waals surface area contributed by atoms with E-state index in [1.165, 1.54) is 40.5 Å². The number of para-hydroxylation sites is 1. The number of benzene rings is 2. The Morgan fingerprint density at radius 2 is 1.74 bits per heavy atom. The Morgan fingerprint density at radius 1 is 1.03 bits per heavy atom. The van der Waals surface area contributed by atoms with E-state index >= 15 is 0 Å². The van der Waals surface area contributed by atoms with Crippen LogP contribution in [0.5, 0.6) is 11.5 Å². The molecule has 34 heavy (non-hydrogen) atoms. The fraction of sp³-hybridized carbons (Fsp3) is 0.217. The van der Waals surface area contributed by atoms with Crippen LogP contribution in [0.2, 0.25) is 5.02 Å². The van der Waals surface area contributed by atoms with Crippen LogP contribution < -0.4 is 15.2 Å². The van der Waals surface area contributed by atoms with Crippen LogP contribution in [0.1, 0.15) is 0 Å². The van der Waals surface area contributed by atoms with Crippen LogP contribution in [0.3, 0.4) is 0 Å². The zero-order valence-electron chi connectivity index (χ0n) is 17.8. The van der Waals surface area contributed by atoms with E-state index in [1.807, 2.05) is 0 Å². The number of pyridine rings is 1. The number of ether oxygens (including phenoxy) is 3. The summed E-state index contributed by atoms with van der Waals surface area (Å²) in [5.41, 5.74) is 1.25. The number of halogens is 4. The van der Waals surface area contributed by atoms with E-state index < -0.39 is 18.2 Å². The zero-order valence-corrected chi connectivity index (χ0v) is 18.6. The topological polar surface area (TPSA) is 67.0 Å². The Labute approximate surface area is 196 Å². The molecule has 0 spiro atoms. The molecule has 4 aromatic rings. The number of methoxy groups -OCH3 is 1. The summed E-state index contributed by atoms with van der Waals surface area (Å²) in [5, 5.41) is 4.79. The maximum absolute atomic E-state index is 12.9. The molecule has 0 aliphatic heterocycles. The molecule has 7 nitrogen and oxygen atoms in total. The second kappa shape index (κ2) is 9.78. The van der Waals surface area contributed by atoms with Crippen LogP contribution in [0, 0.1) is 0 Å². The van der Waals surface area contributed by atoms with Crippen molar-refractivity contribution in [2.75, 3.05) is 13.7 Å². The predicted molar refractivity (Wildman–Crippen MR) is 119 cm³/mol. The molecule has 0 saturated carbocycles. The molecular weight excluding hydrogens is 475 g/mol.